The molecule has 106 valence electrons. The number of pyridine rings is 1. The van der Waals surface area contributed by atoms with Gasteiger partial charge < -0.3 is 10.3 Å². The van der Waals surface area contributed by atoms with Crippen molar-refractivity contribution in [3.63, 3.8) is 0 Å². The Bertz CT molecular complexity index is 783. The third kappa shape index (κ3) is 2.24. The number of hydrogen-bond donors (Lipinski definition) is 1. The van der Waals surface area contributed by atoms with Gasteiger partial charge in [0.05, 0.1) is 5.52 Å². The highest BCUT2D eigenvalue weighted by molar-refractivity contribution is 5.81. The van der Waals surface area contributed by atoms with Crippen LogP contribution in [0.3, 0.4) is 0 Å². The number of aryl methyl sites for hydroxylation is 1. The van der Waals surface area contributed by atoms with E-state index in [9.17, 15) is 0 Å². The molecular weight excluding hydrogens is 258 g/mol. The van der Waals surface area contributed by atoms with Gasteiger partial charge in [-0.3, -0.25) is 4.98 Å². The van der Waals surface area contributed by atoms with Crippen LogP contribution in [-0.2, 0) is 13.0 Å². The SMILES string of the molecule is NC1CCCc2cn(Cc3cccc4cccnc34)cc21. The second-order valence-corrected chi connectivity index (χ2v) is 5.90. The molecule has 0 radical (unpaired) electrons. The van der Waals surface area contributed by atoms with Gasteiger partial charge in [0.1, 0.15) is 0 Å². The quantitative estimate of drug-likeness (QED) is 0.780. The molecule has 1 aliphatic rings. The van der Waals surface area contributed by atoms with E-state index >= 15 is 0 Å². The van der Waals surface area contributed by atoms with Crippen molar-refractivity contribution in [2.45, 2.75) is 31.8 Å². The number of fused-ring (bicyclic) bond motifs is 2. The van der Waals surface area contributed by atoms with Crippen LogP contribution in [0.5, 0.6) is 0 Å². The van der Waals surface area contributed by atoms with Gasteiger partial charge in [-0.25, -0.2) is 0 Å². The number of nitrogens with zero attached hydrogens (tertiary/aromatic N) is 2. The van der Waals surface area contributed by atoms with Crippen molar-refractivity contribution < 1.29 is 0 Å². The molecule has 4 rings (SSSR count). The Kier molecular flexibility index (Phi) is 3.00. The number of nitrogens with two attached hydrogens (primary N) is 1. The Morgan fingerprint density at radius 1 is 1.19 bits per heavy atom. The van der Waals surface area contributed by atoms with Gasteiger partial charge in [-0.05, 0) is 42.0 Å². The van der Waals surface area contributed by atoms with Gasteiger partial charge in [0.2, 0.25) is 0 Å². The molecular formula is C18H19N3. The van der Waals surface area contributed by atoms with Crippen LogP contribution in [0.4, 0.5) is 0 Å². The zero-order valence-electron chi connectivity index (χ0n) is 12.0. The Morgan fingerprint density at radius 2 is 2.10 bits per heavy atom. The van der Waals surface area contributed by atoms with Crippen molar-refractivity contribution in [3.8, 4) is 0 Å². The minimum absolute atomic E-state index is 0.209. The Morgan fingerprint density at radius 3 is 3.00 bits per heavy atom. The first kappa shape index (κ1) is 12.6. The van der Waals surface area contributed by atoms with E-state index in [1.165, 1.54) is 28.5 Å². The third-order valence-corrected chi connectivity index (χ3v) is 4.43. The predicted molar refractivity (Wildman–Crippen MR) is 85.1 cm³/mol. The molecule has 2 N–H and O–H groups in total. The lowest BCUT2D eigenvalue weighted by molar-refractivity contribution is 0.573. The monoisotopic (exact) mass is 277 g/mol. The summed E-state index contributed by atoms with van der Waals surface area (Å²) in [6.45, 7) is 0.855. The fourth-order valence-electron chi connectivity index (χ4n) is 3.37. The average molecular weight is 277 g/mol. The van der Waals surface area contributed by atoms with E-state index in [2.05, 4.69) is 46.2 Å². The van der Waals surface area contributed by atoms with Crippen molar-refractivity contribution in [2.24, 2.45) is 5.73 Å². The van der Waals surface area contributed by atoms with Gasteiger partial charge in [0.15, 0.2) is 0 Å². The average Bonchev–Trinajstić information content (AvgIpc) is 2.92. The van der Waals surface area contributed by atoms with E-state index in [-0.39, 0.29) is 6.04 Å². The van der Waals surface area contributed by atoms with Crippen molar-refractivity contribution in [1.82, 2.24) is 9.55 Å². The van der Waals surface area contributed by atoms with Crippen LogP contribution in [-0.4, -0.2) is 9.55 Å². The second kappa shape index (κ2) is 5.01. The Balaban J connectivity index is 1.72. The lowest BCUT2D eigenvalue weighted by Crippen LogP contribution is -2.15. The standard InChI is InChI=1S/C18H19N3/c19-17-8-2-5-14-10-21(12-16(14)17)11-15-6-1-4-13-7-3-9-20-18(13)15/h1,3-4,6-7,9-10,12,17H,2,5,8,11,19H2. The molecule has 3 heteroatoms. The second-order valence-electron chi connectivity index (χ2n) is 5.90. The van der Waals surface area contributed by atoms with Gasteiger partial charge in [-0.2, -0.15) is 0 Å². The van der Waals surface area contributed by atoms with Gasteiger partial charge in [0.25, 0.3) is 0 Å². The molecule has 1 unspecified atom stereocenters. The first-order valence-electron chi connectivity index (χ1n) is 7.58. The highest BCUT2D eigenvalue weighted by Crippen LogP contribution is 2.29. The molecule has 0 aliphatic heterocycles. The fourth-order valence-corrected chi connectivity index (χ4v) is 3.37. The lowest BCUT2D eigenvalue weighted by atomic mass is 9.92. The first-order valence-corrected chi connectivity index (χ1v) is 7.58. The summed E-state index contributed by atoms with van der Waals surface area (Å²) in [6, 6.07) is 10.7. The molecule has 0 saturated carbocycles. The molecule has 0 bridgehead atoms. The molecule has 3 aromatic rings. The summed E-state index contributed by atoms with van der Waals surface area (Å²) < 4.78 is 2.26. The van der Waals surface area contributed by atoms with Gasteiger partial charge >= 0.3 is 0 Å². The van der Waals surface area contributed by atoms with E-state index in [1.54, 1.807) is 0 Å². The number of benzene rings is 1. The van der Waals surface area contributed by atoms with E-state index < -0.39 is 0 Å². The van der Waals surface area contributed by atoms with Crippen LogP contribution in [0.1, 0.15) is 35.6 Å². The number of rotatable bonds is 2. The van der Waals surface area contributed by atoms with Crippen LogP contribution < -0.4 is 5.73 Å². The van der Waals surface area contributed by atoms with Gasteiger partial charge in [0, 0.05) is 36.6 Å². The van der Waals surface area contributed by atoms with Crippen LogP contribution in [0.2, 0.25) is 0 Å². The minimum Gasteiger partial charge on any atom is -0.349 e. The first-order chi connectivity index (χ1) is 10.3. The van der Waals surface area contributed by atoms with E-state index in [0.29, 0.717) is 0 Å². The molecule has 3 nitrogen and oxygen atoms in total. The summed E-state index contributed by atoms with van der Waals surface area (Å²) in [6.07, 6.45) is 9.81. The molecule has 0 amide bonds. The van der Waals surface area contributed by atoms with Crippen LogP contribution >= 0.6 is 0 Å². The summed E-state index contributed by atoms with van der Waals surface area (Å²) in [5.74, 6) is 0. The summed E-state index contributed by atoms with van der Waals surface area (Å²) in [4.78, 5) is 4.54. The van der Waals surface area contributed by atoms with Crippen LogP contribution in [0.15, 0.2) is 48.9 Å². The summed E-state index contributed by atoms with van der Waals surface area (Å²) in [5.41, 5.74) is 11.3. The van der Waals surface area contributed by atoms with Crippen molar-refractivity contribution in [3.05, 3.63) is 65.6 Å². The highest BCUT2D eigenvalue weighted by atomic mass is 14.9. The maximum atomic E-state index is 6.22. The Labute approximate surface area is 124 Å². The maximum Gasteiger partial charge on any atom is 0.0751 e. The molecule has 21 heavy (non-hydrogen) atoms. The minimum atomic E-state index is 0.209. The third-order valence-electron chi connectivity index (χ3n) is 4.43. The molecule has 1 aromatic carbocycles. The lowest BCUT2D eigenvalue weighted by Gasteiger charge is -2.17. The molecule has 1 aliphatic carbocycles. The van der Waals surface area contributed by atoms with E-state index in [4.69, 9.17) is 5.73 Å². The van der Waals surface area contributed by atoms with E-state index in [0.717, 1.165) is 24.9 Å². The Hall–Kier alpha value is -2.13. The fraction of sp³-hybridized carbons (Fsp3) is 0.278. The summed E-state index contributed by atoms with van der Waals surface area (Å²) in [5, 5.41) is 1.20. The van der Waals surface area contributed by atoms with Crippen molar-refractivity contribution >= 4 is 10.9 Å². The topological polar surface area (TPSA) is 43.8 Å². The van der Waals surface area contributed by atoms with Gasteiger partial charge in [-0.1, -0.05) is 24.3 Å². The molecule has 0 spiro atoms. The normalized spacial score (nSPS) is 17.9. The largest absolute Gasteiger partial charge is 0.349 e. The molecule has 0 fully saturated rings. The predicted octanol–water partition coefficient (Wildman–Crippen LogP) is 3.42. The van der Waals surface area contributed by atoms with Crippen LogP contribution in [0, 0.1) is 0 Å². The molecule has 2 heterocycles. The van der Waals surface area contributed by atoms with E-state index in [1.807, 2.05) is 12.3 Å². The maximum absolute atomic E-state index is 6.22. The van der Waals surface area contributed by atoms with Crippen LogP contribution in [0.25, 0.3) is 10.9 Å². The van der Waals surface area contributed by atoms with Crippen molar-refractivity contribution in [2.75, 3.05) is 0 Å². The zero-order valence-corrected chi connectivity index (χ0v) is 12.0. The number of aromatic nitrogens is 2. The smallest absolute Gasteiger partial charge is 0.0751 e. The van der Waals surface area contributed by atoms with Crippen molar-refractivity contribution in [1.29, 1.82) is 0 Å². The van der Waals surface area contributed by atoms with Gasteiger partial charge in [-0.15, -0.1) is 0 Å². The summed E-state index contributed by atoms with van der Waals surface area (Å²) >= 11 is 0. The number of hydrogen-bond acceptors (Lipinski definition) is 2. The molecule has 1 atom stereocenters. The zero-order chi connectivity index (χ0) is 14.2. The highest BCUT2D eigenvalue weighted by Gasteiger charge is 2.18. The molecule has 2 aromatic heterocycles. The summed E-state index contributed by atoms with van der Waals surface area (Å²) in [7, 11) is 0. The molecule has 0 saturated heterocycles. The number of para-hydroxylation sites is 1.